The first-order valence-corrected chi connectivity index (χ1v) is 7.65. The van der Waals surface area contributed by atoms with Crippen LogP contribution in [0.1, 0.15) is 18.5 Å². The van der Waals surface area contributed by atoms with Gasteiger partial charge in [-0.3, -0.25) is 0 Å². The van der Waals surface area contributed by atoms with Gasteiger partial charge in [0.25, 0.3) is 0 Å². The van der Waals surface area contributed by atoms with Gasteiger partial charge in [0.2, 0.25) is 0 Å². The molecule has 0 saturated heterocycles. The van der Waals surface area contributed by atoms with Crippen molar-refractivity contribution in [2.24, 2.45) is 0 Å². The van der Waals surface area contributed by atoms with Crippen LogP contribution in [0.25, 0.3) is 0 Å². The molecule has 0 amide bonds. The number of ether oxygens (including phenoxy) is 1. The van der Waals surface area contributed by atoms with Crippen LogP contribution in [0.4, 0.5) is 8.78 Å². The van der Waals surface area contributed by atoms with Gasteiger partial charge < -0.3 is 15.2 Å². The summed E-state index contributed by atoms with van der Waals surface area (Å²) in [4.78, 5) is 0. The standard InChI is InChI=1S/C14H21F2NO2S/c1-9(14(7-18)20-3)17-13(8-19-2)10-4-5-11(15)12(16)6-10/h4-6,9,13-14,17-18H,7-8H2,1-3H3. The molecule has 2 N–H and O–H groups in total. The molecule has 3 nitrogen and oxygen atoms in total. The van der Waals surface area contributed by atoms with E-state index < -0.39 is 11.6 Å². The molecular formula is C14H21F2NO2S. The van der Waals surface area contributed by atoms with Gasteiger partial charge in [0, 0.05) is 18.4 Å². The van der Waals surface area contributed by atoms with Gasteiger partial charge in [-0.05, 0) is 30.9 Å². The molecule has 1 aromatic rings. The lowest BCUT2D eigenvalue weighted by Gasteiger charge is -2.27. The largest absolute Gasteiger partial charge is 0.395 e. The fraction of sp³-hybridized carbons (Fsp3) is 0.571. The van der Waals surface area contributed by atoms with E-state index in [1.54, 1.807) is 18.9 Å². The third-order valence-corrected chi connectivity index (χ3v) is 4.35. The van der Waals surface area contributed by atoms with Crippen molar-refractivity contribution in [2.45, 2.75) is 24.3 Å². The molecule has 0 radical (unpaired) electrons. The molecule has 0 bridgehead atoms. The zero-order valence-electron chi connectivity index (χ0n) is 11.9. The lowest BCUT2D eigenvalue weighted by molar-refractivity contribution is 0.158. The summed E-state index contributed by atoms with van der Waals surface area (Å²) in [6.45, 7) is 2.33. The molecule has 3 atom stereocenters. The fourth-order valence-electron chi connectivity index (χ4n) is 2.00. The Kier molecular flexibility index (Phi) is 7.43. The van der Waals surface area contributed by atoms with Crippen LogP contribution in [0.2, 0.25) is 0 Å². The van der Waals surface area contributed by atoms with E-state index in [1.165, 1.54) is 12.1 Å². The maximum absolute atomic E-state index is 13.3. The molecule has 0 saturated carbocycles. The molecule has 1 aromatic carbocycles. The normalized spacial score (nSPS) is 15.9. The van der Waals surface area contributed by atoms with E-state index in [4.69, 9.17) is 4.74 Å². The Morgan fingerprint density at radius 2 is 2.05 bits per heavy atom. The predicted octanol–water partition coefficient (Wildman–Crippen LogP) is 2.35. The summed E-state index contributed by atoms with van der Waals surface area (Å²) >= 11 is 1.55. The van der Waals surface area contributed by atoms with E-state index in [9.17, 15) is 13.9 Å². The van der Waals surface area contributed by atoms with Crippen molar-refractivity contribution in [1.82, 2.24) is 5.32 Å². The Hall–Kier alpha value is -0.690. The second-order valence-corrected chi connectivity index (χ2v) is 5.67. The highest BCUT2D eigenvalue weighted by atomic mass is 32.2. The highest BCUT2D eigenvalue weighted by molar-refractivity contribution is 7.99. The minimum atomic E-state index is -0.873. The minimum Gasteiger partial charge on any atom is -0.395 e. The second kappa shape index (κ2) is 8.56. The van der Waals surface area contributed by atoms with Gasteiger partial charge in [-0.25, -0.2) is 8.78 Å². The third kappa shape index (κ3) is 4.70. The highest BCUT2D eigenvalue weighted by Gasteiger charge is 2.21. The summed E-state index contributed by atoms with van der Waals surface area (Å²) in [6.07, 6.45) is 1.92. The molecule has 0 aliphatic carbocycles. The number of aliphatic hydroxyl groups is 1. The zero-order valence-corrected chi connectivity index (χ0v) is 12.7. The summed E-state index contributed by atoms with van der Waals surface area (Å²) in [6, 6.07) is 3.56. The Labute approximate surface area is 122 Å². The molecule has 20 heavy (non-hydrogen) atoms. The van der Waals surface area contributed by atoms with Crippen LogP contribution < -0.4 is 5.32 Å². The average Bonchev–Trinajstić information content (AvgIpc) is 2.43. The first-order chi connectivity index (χ1) is 9.53. The average molecular weight is 305 g/mol. The maximum Gasteiger partial charge on any atom is 0.159 e. The fourth-order valence-corrected chi connectivity index (χ4v) is 2.63. The lowest BCUT2D eigenvalue weighted by atomic mass is 10.1. The second-order valence-electron chi connectivity index (χ2n) is 4.59. The molecule has 3 unspecified atom stereocenters. The zero-order chi connectivity index (χ0) is 15.1. The topological polar surface area (TPSA) is 41.5 Å². The Bertz CT molecular complexity index is 416. The van der Waals surface area contributed by atoms with Crippen LogP contribution >= 0.6 is 11.8 Å². The van der Waals surface area contributed by atoms with Crippen LogP contribution in [0, 0.1) is 11.6 Å². The van der Waals surface area contributed by atoms with E-state index >= 15 is 0 Å². The summed E-state index contributed by atoms with van der Waals surface area (Å²) < 4.78 is 31.4. The smallest absolute Gasteiger partial charge is 0.159 e. The van der Waals surface area contributed by atoms with Crippen LogP contribution in [-0.4, -0.2) is 43.0 Å². The number of nitrogens with one attached hydrogen (secondary N) is 1. The Morgan fingerprint density at radius 3 is 2.55 bits per heavy atom. The molecule has 0 fully saturated rings. The van der Waals surface area contributed by atoms with E-state index in [1.807, 2.05) is 13.2 Å². The van der Waals surface area contributed by atoms with Crippen LogP contribution in [0.5, 0.6) is 0 Å². The van der Waals surface area contributed by atoms with Crippen molar-refractivity contribution in [3.63, 3.8) is 0 Å². The van der Waals surface area contributed by atoms with Crippen molar-refractivity contribution in [3.8, 4) is 0 Å². The molecule has 0 aromatic heterocycles. The van der Waals surface area contributed by atoms with E-state index in [0.717, 1.165) is 6.07 Å². The molecule has 114 valence electrons. The first kappa shape index (κ1) is 17.4. The van der Waals surface area contributed by atoms with Crippen molar-refractivity contribution >= 4 is 11.8 Å². The van der Waals surface area contributed by atoms with Crippen molar-refractivity contribution < 1.29 is 18.6 Å². The first-order valence-electron chi connectivity index (χ1n) is 6.37. The SMILES string of the molecule is COCC(NC(C)C(CO)SC)c1ccc(F)c(F)c1. The van der Waals surface area contributed by atoms with Gasteiger partial charge >= 0.3 is 0 Å². The summed E-state index contributed by atoms with van der Waals surface area (Å²) in [5.74, 6) is -1.74. The predicted molar refractivity (Wildman–Crippen MR) is 78.0 cm³/mol. The number of hydrogen-bond acceptors (Lipinski definition) is 4. The molecule has 6 heteroatoms. The number of benzene rings is 1. The van der Waals surface area contributed by atoms with Crippen LogP contribution in [0.3, 0.4) is 0 Å². The lowest BCUT2D eigenvalue weighted by Crippen LogP contribution is -2.41. The molecule has 1 rings (SSSR count). The number of hydrogen-bond donors (Lipinski definition) is 2. The summed E-state index contributed by atoms with van der Waals surface area (Å²) in [7, 11) is 1.55. The van der Waals surface area contributed by atoms with Crippen molar-refractivity contribution in [3.05, 3.63) is 35.4 Å². The van der Waals surface area contributed by atoms with Gasteiger partial charge in [0.15, 0.2) is 11.6 Å². The molecule has 0 aliphatic heterocycles. The van der Waals surface area contributed by atoms with Crippen LogP contribution in [0.15, 0.2) is 18.2 Å². The van der Waals surface area contributed by atoms with Crippen molar-refractivity contribution in [1.29, 1.82) is 0 Å². The third-order valence-electron chi connectivity index (χ3n) is 3.18. The number of aliphatic hydroxyl groups excluding tert-OH is 1. The molecule has 0 aliphatic rings. The number of methoxy groups -OCH3 is 1. The minimum absolute atomic E-state index is 0.00302. The number of rotatable bonds is 8. The molecular weight excluding hydrogens is 284 g/mol. The van der Waals surface area contributed by atoms with Gasteiger partial charge in [0.05, 0.1) is 19.3 Å². The summed E-state index contributed by atoms with van der Waals surface area (Å²) in [5, 5.41) is 12.6. The van der Waals surface area contributed by atoms with Gasteiger partial charge in [-0.15, -0.1) is 0 Å². The number of halogens is 2. The van der Waals surface area contributed by atoms with Crippen molar-refractivity contribution in [2.75, 3.05) is 26.6 Å². The van der Waals surface area contributed by atoms with Gasteiger partial charge in [0.1, 0.15) is 0 Å². The quantitative estimate of drug-likeness (QED) is 0.773. The number of thioether (sulfide) groups is 1. The van der Waals surface area contributed by atoms with E-state index in [0.29, 0.717) is 12.2 Å². The molecule has 0 spiro atoms. The Balaban J connectivity index is 2.85. The monoisotopic (exact) mass is 305 g/mol. The van der Waals surface area contributed by atoms with E-state index in [-0.39, 0.29) is 23.9 Å². The maximum atomic E-state index is 13.3. The highest BCUT2D eigenvalue weighted by Crippen LogP contribution is 2.20. The van der Waals surface area contributed by atoms with Gasteiger partial charge in [-0.2, -0.15) is 11.8 Å². The Morgan fingerprint density at radius 1 is 1.35 bits per heavy atom. The van der Waals surface area contributed by atoms with Gasteiger partial charge in [-0.1, -0.05) is 6.07 Å². The van der Waals surface area contributed by atoms with E-state index in [2.05, 4.69) is 5.32 Å². The molecule has 0 heterocycles. The van der Waals surface area contributed by atoms with Crippen LogP contribution in [-0.2, 0) is 4.74 Å². The summed E-state index contributed by atoms with van der Waals surface area (Å²) in [5.41, 5.74) is 0.621.